The van der Waals surface area contributed by atoms with Gasteiger partial charge >= 0.3 is 6.09 Å². The molecule has 1 atom stereocenters. The van der Waals surface area contributed by atoms with Crippen LogP contribution in [0.15, 0.2) is 24.3 Å². The van der Waals surface area contributed by atoms with E-state index in [2.05, 4.69) is 10.6 Å². The van der Waals surface area contributed by atoms with Crippen LogP contribution >= 0.6 is 0 Å². The first-order chi connectivity index (χ1) is 17.3. The average molecular weight is 504 g/mol. The molecular weight excluding hydrogens is 466 g/mol. The number of carbonyl (C=O) groups is 5. The fourth-order valence-corrected chi connectivity index (χ4v) is 3.39. The Hall–Kier alpha value is -3.27. The van der Waals surface area contributed by atoms with Crippen molar-refractivity contribution in [1.82, 2.24) is 15.5 Å². The summed E-state index contributed by atoms with van der Waals surface area (Å²) >= 11 is 0. The Kier molecular flexibility index (Phi) is 12.6. The van der Waals surface area contributed by atoms with Crippen molar-refractivity contribution in [2.75, 3.05) is 32.9 Å². The van der Waals surface area contributed by atoms with E-state index in [4.69, 9.17) is 9.47 Å². The smallest absolute Gasteiger partial charge is 0.407 e. The number of likely N-dealkylation sites (tertiary alicyclic amines) is 1. The molecule has 0 radical (unpaired) electrons. The Balaban J connectivity index is 1.46. The number of nitrogens with zero attached hydrogens (tertiary/aromatic N) is 1. The molecule has 2 N–H and O–H groups in total. The number of amides is 4. The van der Waals surface area contributed by atoms with Gasteiger partial charge in [0.25, 0.3) is 0 Å². The highest BCUT2D eigenvalue weighted by atomic mass is 16.5. The van der Waals surface area contributed by atoms with Gasteiger partial charge in [-0.15, -0.1) is 0 Å². The van der Waals surface area contributed by atoms with Crippen LogP contribution in [0.3, 0.4) is 0 Å². The van der Waals surface area contributed by atoms with E-state index in [1.54, 1.807) is 6.92 Å². The lowest BCUT2D eigenvalue weighted by Crippen LogP contribution is -2.48. The van der Waals surface area contributed by atoms with Gasteiger partial charge in [-0.3, -0.25) is 24.1 Å². The number of alkyl carbamates (subject to hydrolysis) is 1. The highest BCUT2D eigenvalue weighted by Crippen LogP contribution is 2.13. The number of carbonyl (C=O) groups excluding carboxylic acids is 5. The molecule has 1 aromatic rings. The van der Waals surface area contributed by atoms with Crippen LogP contribution in [-0.2, 0) is 41.6 Å². The van der Waals surface area contributed by atoms with Crippen LogP contribution < -0.4 is 10.6 Å². The number of hydrogen-bond donors (Lipinski definition) is 2. The summed E-state index contributed by atoms with van der Waals surface area (Å²) in [5, 5.41) is 5.43. The Labute approximate surface area is 212 Å². The monoisotopic (exact) mass is 503 g/mol. The first-order valence-electron chi connectivity index (χ1n) is 12.4. The normalized spacial score (nSPS) is 13.5. The van der Waals surface area contributed by atoms with E-state index in [1.165, 1.54) is 4.90 Å². The maximum atomic E-state index is 12.0. The molecular formula is C26H37N3O7. The standard InChI is InChI=1S/C26H37N3O7/c1-19(20(2)30)6-3-4-12-27-26(34)36-15-5-14-35-18-23(31)28-17-22-9-7-21(8-10-22)16-25(33)29-13-11-24(29)32/h7-10,19H,3-6,11-18H2,1-2H3,(H,27,34)(H,28,31). The molecule has 1 unspecified atom stereocenters. The molecule has 2 rings (SSSR count). The van der Waals surface area contributed by atoms with Crippen LogP contribution in [0.4, 0.5) is 4.79 Å². The highest BCUT2D eigenvalue weighted by Gasteiger charge is 2.29. The zero-order chi connectivity index (χ0) is 26.3. The number of Topliss-reactive ketones (excluding diaryl/α,β-unsaturated/α-hetero) is 1. The van der Waals surface area contributed by atoms with Crippen molar-refractivity contribution in [3.63, 3.8) is 0 Å². The van der Waals surface area contributed by atoms with Gasteiger partial charge in [-0.25, -0.2) is 4.79 Å². The van der Waals surface area contributed by atoms with Crippen LogP contribution in [0.25, 0.3) is 0 Å². The summed E-state index contributed by atoms with van der Waals surface area (Å²) in [4.78, 5) is 59.3. The highest BCUT2D eigenvalue weighted by molar-refractivity contribution is 6.00. The van der Waals surface area contributed by atoms with Crippen LogP contribution in [0.1, 0.15) is 57.1 Å². The molecule has 1 saturated heterocycles. The number of imide groups is 1. The maximum absolute atomic E-state index is 12.0. The number of unbranched alkanes of at least 4 members (excludes halogenated alkanes) is 1. The van der Waals surface area contributed by atoms with E-state index < -0.39 is 6.09 Å². The molecule has 0 aliphatic carbocycles. The van der Waals surface area contributed by atoms with Gasteiger partial charge in [-0.2, -0.15) is 0 Å². The number of ketones is 1. The molecule has 0 aromatic heterocycles. The van der Waals surface area contributed by atoms with Crippen molar-refractivity contribution >= 4 is 29.6 Å². The fourth-order valence-electron chi connectivity index (χ4n) is 3.39. The lowest BCUT2D eigenvalue weighted by molar-refractivity contribution is -0.151. The Morgan fingerprint density at radius 3 is 2.36 bits per heavy atom. The number of benzene rings is 1. The summed E-state index contributed by atoms with van der Waals surface area (Å²) in [5.74, 6) is -0.344. The fraction of sp³-hybridized carbons (Fsp3) is 0.577. The van der Waals surface area contributed by atoms with E-state index in [9.17, 15) is 24.0 Å². The number of nitrogens with one attached hydrogen (secondary N) is 2. The summed E-state index contributed by atoms with van der Waals surface area (Å²) in [6, 6.07) is 7.28. The summed E-state index contributed by atoms with van der Waals surface area (Å²) in [7, 11) is 0. The van der Waals surface area contributed by atoms with Crippen LogP contribution in [0.5, 0.6) is 0 Å². The Morgan fingerprint density at radius 2 is 1.72 bits per heavy atom. The molecule has 0 bridgehead atoms. The predicted octanol–water partition coefficient (Wildman–Crippen LogP) is 2.13. The maximum Gasteiger partial charge on any atom is 0.407 e. The molecule has 4 amide bonds. The Bertz CT molecular complexity index is 901. The van der Waals surface area contributed by atoms with Crippen LogP contribution in [-0.4, -0.2) is 67.4 Å². The second kappa shape index (κ2) is 15.7. The van der Waals surface area contributed by atoms with Crippen molar-refractivity contribution in [3.05, 3.63) is 35.4 Å². The summed E-state index contributed by atoms with van der Waals surface area (Å²) in [6.45, 7) is 5.20. The van der Waals surface area contributed by atoms with Crippen LogP contribution in [0.2, 0.25) is 0 Å². The van der Waals surface area contributed by atoms with Crippen LogP contribution in [0, 0.1) is 5.92 Å². The minimum atomic E-state index is -0.489. The van der Waals surface area contributed by atoms with E-state index in [0.717, 1.165) is 30.4 Å². The summed E-state index contributed by atoms with van der Waals surface area (Å²) in [5.41, 5.74) is 1.70. The van der Waals surface area contributed by atoms with Crippen molar-refractivity contribution in [1.29, 1.82) is 0 Å². The number of hydrogen-bond acceptors (Lipinski definition) is 7. The van der Waals surface area contributed by atoms with E-state index in [-0.39, 0.29) is 55.7 Å². The Morgan fingerprint density at radius 1 is 1.00 bits per heavy atom. The van der Waals surface area contributed by atoms with Gasteiger partial charge < -0.3 is 20.1 Å². The van der Waals surface area contributed by atoms with E-state index in [0.29, 0.717) is 32.5 Å². The van der Waals surface area contributed by atoms with Gasteiger partial charge in [0.2, 0.25) is 17.7 Å². The molecule has 198 valence electrons. The minimum absolute atomic E-state index is 0.0539. The zero-order valence-corrected chi connectivity index (χ0v) is 21.2. The minimum Gasteiger partial charge on any atom is -0.449 e. The van der Waals surface area contributed by atoms with Gasteiger partial charge in [-0.05, 0) is 30.9 Å². The number of β-lactam (4-membered cyclic amide) rings is 1. The number of ether oxygens (including phenoxy) is 2. The van der Waals surface area contributed by atoms with Gasteiger partial charge in [0, 0.05) is 38.4 Å². The van der Waals surface area contributed by atoms with Gasteiger partial charge in [0.1, 0.15) is 12.4 Å². The van der Waals surface area contributed by atoms with Gasteiger partial charge in [0.05, 0.1) is 19.6 Å². The largest absolute Gasteiger partial charge is 0.449 e. The molecule has 0 saturated carbocycles. The predicted molar refractivity (Wildman–Crippen MR) is 132 cm³/mol. The van der Waals surface area contributed by atoms with Crippen molar-refractivity contribution < 1.29 is 33.4 Å². The zero-order valence-electron chi connectivity index (χ0n) is 21.2. The van der Waals surface area contributed by atoms with E-state index in [1.807, 2.05) is 31.2 Å². The summed E-state index contributed by atoms with van der Waals surface area (Å²) < 4.78 is 10.4. The van der Waals surface area contributed by atoms with Gasteiger partial charge in [0.15, 0.2) is 0 Å². The molecule has 1 heterocycles. The third-order valence-electron chi connectivity index (χ3n) is 5.95. The lowest BCUT2D eigenvalue weighted by atomic mass is 10.0. The molecule has 1 aromatic carbocycles. The van der Waals surface area contributed by atoms with Crippen molar-refractivity contribution in [2.45, 2.75) is 58.9 Å². The molecule has 10 heteroatoms. The third kappa shape index (κ3) is 11.0. The molecule has 1 aliphatic rings. The molecule has 10 nitrogen and oxygen atoms in total. The molecule has 0 spiro atoms. The number of rotatable bonds is 16. The molecule has 36 heavy (non-hydrogen) atoms. The SMILES string of the molecule is CC(=O)C(C)CCCCNC(=O)OCCCOCC(=O)NCc1ccc(CC(=O)N2CCC2=O)cc1. The summed E-state index contributed by atoms with van der Waals surface area (Å²) in [6.07, 6.45) is 3.07. The second-order valence-corrected chi connectivity index (χ2v) is 8.94. The van der Waals surface area contributed by atoms with E-state index >= 15 is 0 Å². The average Bonchev–Trinajstić information content (AvgIpc) is 2.84. The first-order valence-corrected chi connectivity index (χ1v) is 12.4. The quantitative estimate of drug-likeness (QED) is 0.261. The van der Waals surface area contributed by atoms with Crippen molar-refractivity contribution in [3.8, 4) is 0 Å². The van der Waals surface area contributed by atoms with Crippen molar-refractivity contribution in [2.24, 2.45) is 5.92 Å². The first kappa shape index (κ1) is 29.0. The van der Waals surface area contributed by atoms with Gasteiger partial charge in [-0.1, -0.05) is 37.6 Å². The molecule has 1 aliphatic heterocycles. The second-order valence-electron chi connectivity index (χ2n) is 8.94. The molecule has 1 fully saturated rings. The lowest BCUT2D eigenvalue weighted by Gasteiger charge is -2.28. The third-order valence-corrected chi connectivity index (χ3v) is 5.95. The topological polar surface area (TPSA) is 131 Å².